The molecule has 2 aromatic carbocycles. The predicted octanol–water partition coefficient (Wildman–Crippen LogP) is 4.56. The van der Waals surface area contributed by atoms with Gasteiger partial charge in [-0.3, -0.25) is 0 Å². The second-order valence-electron chi connectivity index (χ2n) is 4.34. The molecule has 0 aliphatic rings. The fourth-order valence-electron chi connectivity index (χ4n) is 1.83. The Labute approximate surface area is 139 Å². The minimum atomic E-state index is 0.289. The monoisotopic (exact) mass is 339 g/mol. The van der Waals surface area contributed by atoms with Crippen LogP contribution in [0, 0.1) is 0 Å². The van der Waals surface area contributed by atoms with Gasteiger partial charge in [0.25, 0.3) is 0 Å². The molecule has 0 radical (unpaired) electrons. The molecule has 0 unspecified atom stereocenters. The predicted molar refractivity (Wildman–Crippen MR) is 88.4 cm³/mol. The van der Waals surface area contributed by atoms with E-state index in [0.717, 1.165) is 11.1 Å². The van der Waals surface area contributed by atoms with E-state index in [1.54, 1.807) is 31.5 Å². The molecule has 22 heavy (non-hydrogen) atoms. The summed E-state index contributed by atoms with van der Waals surface area (Å²) in [6.45, 7) is 0.289. The second-order valence-corrected chi connectivity index (χ2v) is 5.15. The molecule has 0 atom stereocenters. The van der Waals surface area contributed by atoms with Crippen LogP contribution in [0.15, 0.2) is 41.6 Å². The maximum absolute atomic E-state index is 6.12. The standard InChI is InChI=1S/C16H15Cl2NO3/c1-20-15-8-11(7-14(18)16(15)21-2)9-19-22-10-12-5-3-4-6-13(12)17/h3-9H,10H2,1-2H3/b19-9-. The topological polar surface area (TPSA) is 40.0 Å². The van der Waals surface area contributed by atoms with Crippen molar-refractivity contribution in [3.63, 3.8) is 0 Å². The zero-order chi connectivity index (χ0) is 15.9. The molecule has 2 aromatic rings. The summed E-state index contributed by atoms with van der Waals surface area (Å²) in [6.07, 6.45) is 1.55. The Hall–Kier alpha value is -1.91. The van der Waals surface area contributed by atoms with Gasteiger partial charge < -0.3 is 14.3 Å². The summed E-state index contributed by atoms with van der Waals surface area (Å²) in [5, 5.41) is 5.00. The average molecular weight is 340 g/mol. The molecule has 6 heteroatoms. The van der Waals surface area contributed by atoms with Gasteiger partial charge in [0.1, 0.15) is 6.61 Å². The minimum absolute atomic E-state index is 0.289. The summed E-state index contributed by atoms with van der Waals surface area (Å²) in [6, 6.07) is 10.9. The lowest BCUT2D eigenvalue weighted by molar-refractivity contribution is 0.132. The van der Waals surface area contributed by atoms with E-state index in [1.807, 2.05) is 18.2 Å². The van der Waals surface area contributed by atoms with Crippen molar-refractivity contribution >= 4 is 29.4 Å². The Balaban J connectivity index is 2.04. The van der Waals surface area contributed by atoms with Gasteiger partial charge in [-0.15, -0.1) is 0 Å². The van der Waals surface area contributed by atoms with Crippen molar-refractivity contribution < 1.29 is 14.3 Å². The Morgan fingerprint density at radius 2 is 1.82 bits per heavy atom. The zero-order valence-corrected chi connectivity index (χ0v) is 13.7. The number of methoxy groups -OCH3 is 2. The highest BCUT2D eigenvalue weighted by Gasteiger charge is 2.09. The Morgan fingerprint density at radius 3 is 2.50 bits per heavy atom. The first-order chi connectivity index (χ1) is 10.7. The quantitative estimate of drug-likeness (QED) is 0.572. The number of ether oxygens (including phenoxy) is 2. The number of hydrogen-bond acceptors (Lipinski definition) is 4. The summed E-state index contributed by atoms with van der Waals surface area (Å²) < 4.78 is 10.4. The lowest BCUT2D eigenvalue weighted by atomic mass is 10.2. The van der Waals surface area contributed by atoms with Gasteiger partial charge in [0.05, 0.1) is 25.5 Å². The Kier molecular flexibility index (Phi) is 5.92. The molecule has 0 aliphatic carbocycles. The number of hydrogen-bond donors (Lipinski definition) is 0. The molecule has 0 fully saturated rings. The molecule has 0 bridgehead atoms. The van der Waals surface area contributed by atoms with Crippen molar-refractivity contribution in [3.8, 4) is 11.5 Å². The molecule has 0 saturated carbocycles. The SMILES string of the molecule is COc1cc(/C=N\OCc2ccccc2Cl)cc(Cl)c1OC. The van der Waals surface area contributed by atoms with Gasteiger partial charge in [-0.2, -0.15) is 0 Å². The van der Waals surface area contributed by atoms with Crippen LogP contribution >= 0.6 is 23.2 Å². The third-order valence-electron chi connectivity index (χ3n) is 2.91. The Bertz CT molecular complexity index is 674. The summed E-state index contributed by atoms with van der Waals surface area (Å²) in [4.78, 5) is 5.24. The first kappa shape index (κ1) is 16.5. The number of oxime groups is 1. The molecular formula is C16H15Cl2NO3. The Morgan fingerprint density at radius 1 is 1.05 bits per heavy atom. The second kappa shape index (κ2) is 7.92. The third-order valence-corrected chi connectivity index (χ3v) is 3.56. The fourth-order valence-corrected chi connectivity index (χ4v) is 2.32. The molecule has 0 aromatic heterocycles. The van der Waals surface area contributed by atoms with Crippen molar-refractivity contribution in [2.24, 2.45) is 5.16 Å². The van der Waals surface area contributed by atoms with Gasteiger partial charge in [0.2, 0.25) is 0 Å². The van der Waals surface area contributed by atoms with Crippen LogP contribution < -0.4 is 9.47 Å². The van der Waals surface area contributed by atoms with E-state index in [2.05, 4.69) is 5.16 Å². The van der Waals surface area contributed by atoms with Crippen LogP contribution in [0.1, 0.15) is 11.1 Å². The highest BCUT2D eigenvalue weighted by molar-refractivity contribution is 6.32. The van der Waals surface area contributed by atoms with Gasteiger partial charge >= 0.3 is 0 Å². The highest BCUT2D eigenvalue weighted by atomic mass is 35.5. The molecule has 116 valence electrons. The highest BCUT2D eigenvalue weighted by Crippen LogP contribution is 2.35. The van der Waals surface area contributed by atoms with E-state index in [-0.39, 0.29) is 6.61 Å². The van der Waals surface area contributed by atoms with Crippen LogP contribution in [0.3, 0.4) is 0 Å². The van der Waals surface area contributed by atoms with Gasteiger partial charge in [-0.05, 0) is 18.2 Å². The van der Waals surface area contributed by atoms with E-state index in [9.17, 15) is 0 Å². The van der Waals surface area contributed by atoms with E-state index in [1.165, 1.54) is 7.11 Å². The maximum Gasteiger partial charge on any atom is 0.179 e. The minimum Gasteiger partial charge on any atom is -0.493 e. The van der Waals surface area contributed by atoms with Crippen LogP contribution in [-0.4, -0.2) is 20.4 Å². The third kappa shape index (κ3) is 4.06. The normalized spacial score (nSPS) is 10.7. The first-order valence-corrected chi connectivity index (χ1v) is 7.21. The van der Waals surface area contributed by atoms with Crippen molar-refractivity contribution in [1.29, 1.82) is 0 Å². The van der Waals surface area contributed by atoms with Gasteiger partial charge in [-0.1, -0.05) is 46.6 Å². The van der Waals surface area contributed by atoms with Crippen LogP contribution in [0.5, 0.6) is 11.5 Å². The van der Waals surface area contributed by atoms with Crippen molar-refractivity contribution in [3.05, 3.63) is 57.6 Å². The van der Waals surface area contributed by atoms with Gasteiger partial charge in [0, 0.05) is 16.1 Å². The fraction of sp³-hybridized carbons (Fsp3) is 0.188. The first-order valence-electron chi connectivity index (χ1n) is 6.46. The molecule has 0 aliphatic heterocycles. The largest absolute Gasteiger partial charge is 0.493 e. The molecule has 0 N–H and O–H groups in total. The van der Waals surface area contributed by atoms with E-state index in [4.69, 9.17) is 37.5 Å². The smallest absolute Gasteiger partial charge is 0.179 e. The molecule has 4 nitrogen and oxygen atoms in total. The molecule has 0 heterocycles. The maximum atomic E-state index is 6.12. The van der Waals surface area contributed by atoms with Crippen LogP contribution in [0.2, 0.25) is 10.0 Å². The van der Waals surface area contributed by atoms with Gasteiger partial charge in [0.15, 0.2) is 11.5 Å². The molecule has 0 amide bonds. The summed E-state index contributed by atoms with van der Waals surface area (Å²) in [7, 11) is 3.08. The van der Waals surface area contributed by atoms with Crippen LogP contribution in [-0.2, 0) is 11.4 Å². The van der Waals surface area contributed by atoms with Crippen molar-refractivity contribution in [2.75, 3.05) is 14.2 Å². The summed E-state index contributed by atoms with van der Waals surface area (Å²) in [5.74, 6) is 1.01. The van der Waals surface area contributed by atoms with Crippen LogP contribution in [0.25, 0.3) is 0 Å². The number of halogens is 2. The summed E-state index contributed by atoms with van der Waals surface area (Å²) in [5.41, 5.74) is 1.61. The van der Waals surface area contributed by atoms with Crippen molar-refractivity contribution in [2.45, 2.75) is 6.61 Å². The number of nitrogens with zero attached hydrogens (tertiary/aromatic N) is 1. The number of benzene rings is 2. The molecule has 2 rings (SSSR count). The molecule has 0 saturated heterocycles. The lowest BCUT2D eigenvalue weighted by Gasteiger charge is -2.09. The molecular weight excluding hydrogens is 325 g/mol. The number of rotatable bonds is 6. The average Bonchev–Trinajstić information content (AvgIpc) is 2.52. The van der Waals surface area contributed by atoms with Crippen molar-refractivity contribution in [1.82, 2.24) is 0 Å². The lowest BCUT2D eigenvalue weighted by Crippen LogP contribution is -1.94. The zero-order valence-electron chi connectivity index (χ0n) is 12.2. The van der Waals surface area contributed by atoms with Crippen LogP contribution in [0.4, 0.5) is 0 Å². The van der Waals surface area contributed by atoms with Gasteiger partial charge in [-0.25, -0.2) is 0 Å². The summed E-state index contributed by atoms with van der Waals surface area (Å²) >= 11 is 12.2. The van der Waals surface area contributed by atoms with E-state index >= 15 is 0 Å². The molecule has 0 spiro atoms. The van der Waals surface area contributed by atoms with E-state index < -0.39 is 0 Å². The van der Waals surface area contributed by atoms with E-state index in [0.29, 0.717) is 21.5 Å².